The average molecular weight is 194 g/mol. The van der Waals surface area contributed by atoms with E-state index in [1.165, 1.54) is 24.4 Å². The van der Waals surface area contributed by atoms with E-state index >= 15 is 0 Å². The van der Waals surface area contributed by atoms with Crippen molar-refractivity contribution in [2.24, 2.45) is 0 Å². The number of hydrogen-bond acceptors (Lipinski definition) is 3. The molecular formula is C8H7FN4O. The van der Waals surface area contributed by atoms with Crippen LogP contribution < -0.4 is 15.6 Å². The average Bonchev–Trinajstić information content (AvgIpc) is 2.15. The number of rotatable bonds is 2. The van der Waals surface area contributed by atoms with Crippen LogP contribution in [0.15, 0.2) is 24.3 Å². The van der Waals surface area contributed by atoms with Gasteiger partial charge in [-0.2, -0.15) is 10.7 Å². The molecule has 0 aliphatic rings. The monoisotopic (exact) mass is 194 g/mol. The lowest BCUT2D eigenvalue weighted by Crippen LogP contribution is -2.35. The summed E-state index contributed by atoms with van der Waals surface area (Å²) in [7, 11) is 0. The van der Waals surface area contributed by atoms with E-state index in [1.807, 2.05) is 5.32 Å². The van der Waals surface area contributed by atoms with Crippen LogP contribution in [0.2, 0.25) is 0 Å². The van der Waals surface area contributed by atoms with Crippen molar-refractivity contribution in [2.45, 2.75) is 0 Å². The van der Waals surface area contributed by atoms with Crippen molar-refractivity contribution >= 4 is 5.96 Å². The molecule has 5 nitrogen and oxygen atoms in total. The molecule has 3 N–H and O–H groups in total. The second-order valence-corrected chi connectivity index (χ2v) is 2.27. The molecule has 1 rings (SSSR count). The minimum Gasteiger partial charge on any atom is -0.379 e. The number of halogens is 1. The van der Waals surface area contributed by atoms with Crippen LogP contribution in [0.4, 0.5) is 4.39 Å². The smallest absolute Gasteiger partial charge is 0.235 e. The van der Waals surface area contributed by atoms with Crippen molar-refractivity contribution in [1.82, 2.24) is 10.8 Å². The van der Waals surface area contributed by atoms with Crippen LogP contribution in [0, 0.1) is 22.7 Å². The van der Waals surface area contributed by atoms with E-state index in [2.05, 4.69) is 5.48 Å². The Kier molecular flexibility index (Phi) is 3.27. The molecule has 72 valence electrons. The van der Waals surface area contributed by atoms with E-state index in [-0.39, 0.29) is 11.7 Å². The highest BCUT2D eigenvalue weighted by Gasteiger charge is 1.97. The summed E-state index contributed by atoms with van der Waals surface area (Å²) < 4.78 is 12.6. The minimum atomic E-state index is -0.441. The first kappa shape index (κ1) is 9.80. The Hall–Kier alpha value is -2.29. The van der Waals surface area contributed by atoms with Gasteiger partial charge in [-0.3, -0.25) is 10.7 Å². The molecule has 1 aromatic rings. The van der Waals surface area contributed by atoms with Gasteiger partial charge in [0.25, 0.3) is 0 Å². The van der Waals surface area contributed by atoms with Crippen molar-refractivity contribution in [3.05, 3.63) is 30.1 Å². The summed E-state index contributed by atoms with van der Waals surface area (Å²) in [6, 6.07) is 5.39. The van der Waals surface area contributed by atoms with Crippen molar-refractivity contribution in [2.75, 3.05) is 0 Å². The van der Waals surface area contributed by atoms with Gasteiger partial charge in [0.1, 0.15) is 5.82 Å². The Labute approximate surface area is 79.6 Å². The third-order valence-corrected chi connectivity index (χ3v) is 1.25. The first-order valence-electron chi connectivity index (χ1n) is 3.64. The number of nitriles is 1. The summed E-state index contributed by atoms with van der Waals surface area (Å²) in [5, 5.41) is 17.1. The second-order valence-electron chi connectivity index (χ2n) is 2.27. The van der Waals surface area contributed by atoms with Gasteiger partial charge in [-0.25, -0.2) is 4.39 Å². The lowest BCUT2D eigenvalue weighted by molar-refractivity contribution is 0.256. The summed E-state index contributed by atoms with van der Waals surface area (Å²) in [4.78, 5) is 4.77. The molecule has 0 bridgehead atoms. The number of guanidine groups is 1. The number of hydrogen-bond donors (Lipinski definition) is 3. The summed E-state index contributed by atoms with van der Waals surface area (Å²) in [5.74, 6) is -0.546. The fraction of sp³-hybridized carbons (Fsp3) is 0. The lowest BCUT2D eigenvalue weighted by atomic mass is 10.3. The largest absolute Gasteiger partial charge is 0.379 e. The zero-order valence-corrected chi connectivity index (χ0v) is 7.04. The standard InChI is InChI=1S/C8H7FN4O/c9-6-2-1-3-7(4-6)14-13-8(11)12-5-10/h1-4H,(H3,11,12,13). The quantitative estimate of drug-likeness (QED) is 0.213. The Morgan fingerprint density at radius 1 is 1.57 bits per heavy atom. The molecule has 0 unspecified atom stereocenters. The van der Waals surface area contributed by atoms with E-state index in [9.17, 15) is 4.39 Å². The molecular weight excluding hydrogens is 187 g/mol. The van der Waals surface area contributed by atoms with Gasteiger partial charge < -0.3 is 4.84 Å². The molecule has 0 aliphatic carbocycles. The van der Waals surface area contributed by atoms with E-state index in [0.717, 1.165) is 6.07 Å². The van der Waals surface area contributed by atoms with Crippen LogP contribution in [-0.4, -0.2) is 5.96 Å². The van der Waals surface area contributed by atoms with Crippen LogP contribution in [0.3, 0.4) is 0 Å². The van der Waals surface area contributed by atoms with Crippen LogP contribution in [0.25, 0.3) is 0 Å². The highest BCUT2D eigenvalue weighted by atomic mass is 19.1. The van der Waals surface area contributed by atoms with Crippen LogP contribution in [-0.2, 0) is 0 Å². The van der Waals surface area contributed by atoms with Gasteiger partial charge in [-0.1, -0.05) is 6.07 Å². The third kappa shape index (κ3) is 2.98. The molecule has 0 amide bonds. The predicted molar refractivity (Wildman–Crippen MR) is 46.6 cm³/mol. The maximum Gasteiger partial charge on any atom is 0.235 e. The molecule has 0 saturated carbocycles. The Morgan fingerprint density at radius 2 is 2.36 bits per heavy atom. The normalized spacial score (nSPS) is 8.57. The Morgan fingerprint density at radius 3 is 3.00 bits per heavy atom. The zero-order valence-electron chi connectivity index (χ0n) is 7.04. The SMILES string of the molecule is N#CNC(=N)NOc1cccc(F)c1. The number of nitrogens with one attached hydrogen (secondary N) is 3. The molecule has 0 aliphatic heterocycles. The molecule has 0 saturated heterocycles. The van der Waals surface area contributed by atoms with Crippen LogP contribution in [0.5, 0.6) is 5.75 Å². The fourth-order valence-electron chi connectivity index (χ4n) is 0.722. The topological polar surface area (TPSA) is 80.9 Å². The molecule has 0 fully saturated rings. The van der Waals surface area contributed by atoms with Gasteiger partial charge in [0, 0.05) is 6.07 Å². The molecule has 1 aromatic carbocycles. The van der Waals surface area contributed by atoms with E-state index < -0.39 is 5.82 Å². The molecule has 0 radical (unpaired) electrons. The molecule has 0 aromatic heterocycles. The minimum absolute atomic E-state index is 0.217. The molecule has 0 spiro atoms. The van der Waals surface area contributed by atoms with Crippen molar-refractivity contribution in [1.29, 1.82) is 10.7 Å². The predicted octanol–water partition coefficient (Wildman–Crippen LogP) is 0.715. The number of hydroxylamine groups is 1. The maximum absolute atomic E-state index is 12.6. The summed E-state index contributed by atoms with van der Waals surface area (Å²) in [5.41, 5.74) is 2.11. The fourth-order valence-corrected chi connectivity index (χ4v) is 0.722. The molecule has 14 heavy (non-hydrogen) atoms. The summed E-state index contributed by atoms with van der Waals surface area (Å²) in [6.45, 7) is 0. The molecule has 0 atom stereocenters. The van der Waals surface area contributed by atoms with Crippen molar-refractivity contribution in [3.8, 4) is 11.9 Å². The van der Waals surface area contributed by atoms with Gasteiger partial charge in [0.15, 0.2) is 11.9 Å². The highest BCUT2D eigenvalue weighted by Crippen LogP contribution is 2.10. The lowest BCUT2D eigenvalue weighted by Gasteiger charge is -2.06. The van der Waals surface area contributed by atoms with E-state index in [1.54, 1.807) is 0 Å². The van der Waals surface area contributed by atoms with Crippen LogP contribution >= 0.6 is 0 Å². The Balaban J connectivity index is 2.46. The summed E-state index contributed by atoms with van der Waals surface area (Å²) in [6.07, 6.45) is 1.52. The Bertz CT molecular complexity index is 374. The summed E-state index contributed by atoms with van der Waals surface area (Å²) >= 11 is 0. The molecule has 6 heteroatoms. The van der Waals surface area contributed by atoms with E-state index in [4.69, 9.17) is 15.5 Å². The maximum atomic E-state index is 12.6. The van der Waals surface area contributed by atoms with Crippen molar-refractivity contribution < 1.29 is 9.23 Å². The van der Waals surface area contributed by atoms with Gasteiger partial charge in [-0.05, 0) is 12.1 Å². The number of benzene rings is 1. The highest BCUT2D eigenvalue weighted by molar-refractivity contribution is 5.76. The van der Waals surface area contributed by atoms with Gasteiger partial charge >= 0.3 is 0 Å². The molecule has 0 heterocycles. The second kappa shape index (κ2) is 4.67. The van der Waals surface area contributed by atoms with Gasteiger partial charge in [-0.15, -0.1) is 0 Å². The first-order chi connectivity index (χ1) is 6.72. The van der Waals surface area contributed by atoms with Crippen LogP contribution in [0.1, 0.15) is 0 Å². The van der Waals surface area contributed by atoms with Gasteiger partial charge in [0.05, 0.1) is 0 Å². The first-order valence-corrected chi connectivity index (χ1v) is 3.64. The van der Waals surface area contributed by atoms with Gasteiger partial charge in [0.2, 0.25) is 5.96 Å². The number of nitrogens with zero attached hydrogens (tertiary/aromatic N) is 1. The van der Waals surface area contributed by atoms with Crippen molar-refractivity contribution in [3.63, 3.8) is 0 Å². The van der Waals surface area contributed by atoms with E-state index in [0.29, 0.717) is 0 Å². The zero-order chi connectivity index (χ0) is 10.4. The third-order valence-electron chi connectivity index (χ3n) is 1.25.